The Hall–Kier alpha value is -2.65. The molecule has 0 saturated carbocycles. The number of hydrogen-bond acceptors (Lipinski definition) is 2. The number of para-hydroxylation sites is 1. The van der Waals surface area contributed by atoms with Crippen LogP contribution in [0.3, 0.4) is 0 Å². The van der Waals surface area contributed by atoms with Crippen LogP contribution in [0, 0.1) is 0 Å². The fourth-order valence-electron chi connectivity index (χ4n) is 2.30. The number of aromatic nitrogens is 1. The summed E-state index contributed by atoms with van der Waals surface area (Å²) in [5, 5.41) is 4.44. The van der Waals surface area contributed by atoms with Crippen LogP contribution < -0.4 is 5.32 Å². The Morgan fingerprint density at radius 1 is 1.18 bits per heavy atom. The van der Waals surface area contributed by atoms with Gasteiger partial charge < -0.3 is 5.32 Å². The van der Waals surface area contributed by atoms with Crippen molar-refractivity contribution in [2.75, 3.05) is 5.32 Å². The maximum absolute atomic E-state index is 12.5. The van der Waals surface area contributed by atoms with Crippen LogP contribution in [0.4, 0.5) is 5.69 Å². The Morgan fingerprint density at radius 3 is 2.82 bits per heavy atom. The Labute approximate surface area is 133 Å². The smallest absolute Gasteiger partial charge is 0.256 e. The normalized spacial score (nSPS) is 10.4. The molecule has 22 heavy (non-hydrogen) atoms. The van der Waals surface area contributed by atoms with E-state index in [1.54, 1.807) is 30.5 Å². The Kier molecular flexibility index (Phi) is 3.90. The minimum absolute atomic E-state index is 0.218. The lowest BCUT2D eigenvalue weighted by atomic mass is 10.1. The second-order valence-electron chi connectivity index (χ2n) is 4.77. The lowest BCUT2D eigenvalue weighted by Gasteiger charge is -2.10. The predicted molar refractivity (Wildman–Crippen MR) is 91.2 cm³/mol. The highest BCUT2D eigenvalue weighted by Gasteiger charge is 2.12. The van der Waals surface area contributed by atoms with Gasteiger partial charge in [0.05, 0.1) is 11.2 Å². The third-order valence-electron chi connectivity index (χ3n) is 3.36. The van der Waals surface area contributed by atoms with Crippen molar-refractivity contribution in [2.24, 2.45) is 0 Å². The molecule has 0 fully saturated rings. The SMILES string of the molecule is C=Cc1cc(Cl)ccc1C(=O)Nc1cccc2cccnc12. The monoisotopic (exact) mass is 308 g/mol. The first-order valence-corrected chi connectivity index (χ1v) is 7.14. The number of nitrogens with one attached hydrogen (secondary N) is 1. The van der Waals surface area contributed by atoms with Crippen LogP contribution in [0.1, 0.15) is 15.9 Å². The van der Waals surface area contributed by atoms with Gasteiger partial charge in [0.1, 0.15) is 0 Å². The third kappa shape index (κ3) is 2.71. The molecular formula is C18H13ClN2O. The molecule has 2 aromatic carbocycles. The number of fused-ring (bicyclic) bond motifs is 1. The van der Waals surface area contributed by atoms with Gasteiger partial charge in [-0.15, -0.1) is 0 Å². The zero-order chi connectivity index (χ0) is 15.5. The van der Waals surface area contributed by atoms with Crippen molar-refractivity contribution in [1.82, 2.24) is 4.98 Å². The zero-order valence-corrected chi connectivity index (χ0v) is 12.5. The van der Waals surface area contributed by atoms with Crippen molar-refractivity contribution in [3.05, 3.63) is 77.5 Å². The summed E-state index contributed by atoms with van der Waals surface area (Å²) in [6.45, 7) is 3.72. The first-order chi connectivity index (χ1) is 10.7. The molecule has 0 bridgehead atoms. The van der Waals surface area contributed by atoms with Gasteiger partial charge in [-0.2, -0.15) is 0 Å². The lowest BCUT2D eigenvalue weighted by Crippen LogP contribution is -2.13. The van der Waals surface area contributed by atoms with Crippen LogP contribution in [0.15, 0.2) is 61.3 Å². The molecule has 3 nitrogen and oxygen atoms in total. The Morgan fingerprint density at radius 2 is 2.00 bits per heavy atom. The van der Waals surface area contributed by atoms with Gasteiger partial charge in [0, 0.05) is 22.2 Å². The molecular weight excluding hydrogens is 296 g/mol. The molecule has 1 amide bonds. The molecule has 0 aliphatic heterocycles. The second-order valence-corrected chi connectivity index (χ2v) is 5.21. The first-order valence-electron chi connectivity index (χ1n) is 6.76. The molecule has 0 aliphatic carbocycles. The van der Waals surface area contributed by atoms with E-state index >= 15 is 0 Å². The van der Waals surface area contributed by atoms with Crippen LogP contribution >= 0.6 is 11.6 Å². The number of hydrogen-bond donors (Lipinski definition) is 1. The summed E-state index contributed by atoms with van der Waals surface area (Å²) in [5.74, 6) is -0.218. The predicted octanol–water partition coefficient (Wildman–Crippen LogP) is 4.78. The molecule has 0 spiro atoms. The van der Waals surface area contributed by atoms with Gasteiger partial charge in [-0.05, 0) is 35.9 Å². The molecule has 4 heteroatoms. The van der Waals surface area contributed by atoms with E-state index in [4.69, 9.17) is 11.6 Å². The highest BCUT2D eigenvalue weighted by molar-refractivity contribution is 6.31. The summed E-state index contributed by atoms with van der Waals surface area (Å²) in [7, 11) is 0. The molecule has 3 rings (SSSR count). The van der Waals surface area contributed by atoms with E-state index in [0.29, 0.717) is 21.8 Å². The van der Waals surface area contributed by atoms with Crippen molar-refractivity contribution in [3.8, 4) is 0 Å². The second kappa shape index (κ2) is 6.00. The van der Waals surface area contributed by atoms with Gasteiger partial charge in [-0.25, -0.2) is 0 Å². The molecule has 108 valence electrons. The largest absolute Gasteiger partial charge is 0.320 e. The number of halogens is 1. The van der Waals surface area contributed by atoms with Crippen LogP contribution in [-0.2, 0) is 0 Å². The molecule has 0 radical (unpaired) electrons. The first kappa shape index (κ1) is 14.3. The highest BCUT2D eigenvalue weighted by atomic mass is 35.5. The standard InChI is InChI=1S/C18H13ClN2O/c1-2-12-11-14(19)8-9-15(12)18(22)21-16-7-3-5-13-6-4-10-20-17(13)16/h2-11H,1H2,(H,21,22). The van der Waals surface area contributed by atoms with Crippen LogP contribution in [0.2, 0.25) is 5.02 Å². The lowest BCUT2D eigenvalue weighted by molar-refractivity contribution is 0.102. The van der Waals surface area contributed by atoms with Crippen molar-refractivity contribution in [2.45, 2.75) is 0 Å². The summed E-state index contributed by atoms with van der Waals surface area (Å²) >= 11 is 5.95. The van der Waals surface area contributed by atoms with Gasteiger partial charge in [-0.3, -0.25) is 9.78 Å². The number of rotatable bonds is 3. The Balaban J connectivity index is 1.99. The number of benzene rings is 2. The minimum atomic E-state index is -0.218. The summed E-state index contributed by atoms with van der Waals surface area (Å²) in [5.41, 5.74) is 2.64. The fraction of sp³-hybridized carbons (Fsp3) is 0. The number of pyridine rings is 1. The highest BCUT2D eigenvalue weighted by Crippen LogP contribution is 2.23. The van der Waals surface area contributed by atoms with E-state index in [0.717, 1.165) is 10.9 Å². The number of carbonyl (C=O) groups is 1. The van der Waals surface area contributed by atoms with E-state index in [1.165, 1.54) is 0 Å². The van der Waals surface area contributed by atoms with E-state index < -0.39 is 0 Å². The number of anilines is 1. The van der Waals surface area contributed by atoms with Gasteiger partial charge in [-0.1, -0.05) is 42.5 Å². The minimum Gasteiger partial charge on any atom is -0.320 e. The number of amides is 1. The maximum atomic E-state index is 12.5. The van der Waals surface area contributed by atoms with Crippen molar-refractivity contribution in [3.63, 3.8) is 0 Å². The molecule has 0 aliphatic rings. The van der Waals surface area contributed by atoms with Gasteiger partial charge in [0.15, 0.2) is 0 Å². The number of nitrogens with zero attached hydrogens (tertiary/aromatic N) is 1. The quantitative estimate of drug-likeness (QED) is 0.756. The van der Waals surface area contributed by atoms with Gasteiger partial charge in [0.2, 0.25) is 0 Å². The fourth-order valence-corrected chi connectivity index (χ4v) is 2.48. The third-order valence-corrected chi connectivity index (χ3v) is 3.59. The molecule has 1 aromatic heterocycles. The summed E-state index contributed by atoms with van der Waals surface area (Å²) in [6.07, 6.45) is 3.32. The average molecular weight is 309 g/mol. The molecule has 3 aromatic rings. The van der Waals surface area contributed by atoms with E-state index in [2.05, 4.69) is 16.9 Å². The molecule has 0 atom stereocenters. The van der Waals surface area contributed by atoms with Crippen molar-refractivity contribution < 1.29 is 4.79 Å². The maximum Gasteiger partial charge on any atom is 0.256 e. The molecule has 1 heterocycles. The molecule has 0 unspecified atom stereocenters. The van der Waals surface area contributed by atoms with Crippen LogP contribution in [0.5, 0.6) is 0 Å². The van der Waals surface area contributed by atoms with E-state index in [-0.39, 0.29) is 5.91 Å². The van der Waals surface area contributed by atoms with Crippen molar-refractivity contribution >= 4 is 40.2 Å². The Bertz CT molecular complexity index is 869. The average Bonchev–Trinajstić information content (AvgIpc) is 2.55. The summed E-state index contributed by atoms with van der Waals surface area (Å²) < 4.78 is 0. The summed E-state index contributed by atoms with van der Waals surface area (Å²) in [6, 6.07) is 14.6. The van der Waals surface area contributed by atoms with E-state index in [9.17, 15) is 4.79 Å². The van der Waals surface area contributed by atoms with Gasteiger partial charge >= 0.3 is 0 Å². The van der Waals surface area contributed by atoms with Crippen LogP contribution in [0.25, 0.3) is 17.0 Å². The van der Waals surface area contributed by atoms with Crippen LogP contribution in [-0.4, -0.2) is 10.9 Å². The van der Waals surface area contributed by atoms with Crippen molar-refractivity contribution in [1.29, 1.82) is 0 Å². The molecule has 0 saturated heterocycles. The topological polar surface area (TPSA) is 42.0 Å². The van der Waals surface area contributed by atoms with E-state index in [1.807, 2.05) is 30.3 Å². The zero-order valence-electron chi connectivity index (χ0n) is 11.7. The van der Waals surface area contributed by atoms with Gasteiger partial charge in [0.25, 0.3) is 5.91 Å². The summed E-state index contributed by atoms with van der Waals surface area (Å²) in [4.78, 5) is 16.8. The molecule has 1 N–H and O–H groups in total. The number of carbonyl (C=O) groups excluding carboxylic acids is 1.